The second kappa shape index (κ2) is 7.67. The van der Waals surface area contributed by atoms with Gasteiger partial charge in [-0.05, 0) is 19.9 Å². The van der Waals surface area contributed by atoms with E-state index in [1.165, 1.54) is 25.7 Å². The van der Waals surface area contributed by atoms with Crippen LogP contribution in [0, 0.1) is 0 Å². The number of likely N-dealkylation sites (N-methyl/N-ethyl adjacent to an activating group) is 1. The van der Waals surface area contributed by atoms with E-state index in [4.69, 9.17) is 0 Å². The Kier molecular flexibility index (Phi) is 6.52. The molecule has 0 atom stereocenters. The molecule has 0 heterocycles. The predicted octanol–water partition coefficient (Wildman–Crippen LogP) is 0.975. The molecular formula is C13H27N3O. The third kappa shape index (κ3) is 6.03. The maximum Gasteiger partial charge on any atom is 0.234 e. The number of hydrogen-bond acceptors (Lipinski definition) is 3. The van der Waals surface area contributed by atoms with Crippen LogP contribution in [-0.4, -0.2) is 49.6 Å². The van der Waals surface area contributed by atoms with Crippen molar-refractivity contribution in [1.29, 1.82) is 0 Å². The zero-order valence-corrected chi connectivity index (χ0v) is 11.5. The fraction of sp³-hybridized carbons (Fsp3) is 0.923. The van der Waals surface area contributed by atoms with E-state index >= 15 is 0 Å². The standard InChI is InChI=1S/C13H27N3O/c1-11(2)15-10-13(17)14-8-9-16(3)12-6-4-5-7-12/h11-12,15H,4-10H2,1-3H3,(H,14,17). The quantitative estimate of drug-likeness (QED) is 0.698. The molecule has 0 saturated heterocycles. The first-order valence-electron chi connectivity index (χ1n) is 6.80. The Bertz CT molecular complexity index is 225. The second-order valence-electron chi connectivity index (χ2n) is 5.30. The molecule has 100 valence electrons. The van der Waals surface area contributed by atoms with Crippen LogP contribution in [0.3, 0.4) is 0 Å². The highest BCUT2D eigenvalue weighted by Crippen LogP contribution is 2.21. The van der Waals surface area contributed by atoms with Crippen molar-refractivity contribution in [3.8, 4) is 0 Å². The summed E-state index contributed by atoms with van der Waals surface area (Å²) in [6.45, 7) is 6.22. The molecule has 1 rings (SSSR count). The highest BCUT2D eigenvalue weighted by molar-refractivity contribution is 5.77. The molecule has 17 heavy (non-hydrogen) atoms. The lowest BCUT2D eigenvalue weighted by molar-refractivity contribution is -0.120. The van der Waals surface area contributed by atoms with Crippen molar-refractivity contribution < 1.29 is 4.79 Å². The third-order valence-electron chi connectivity index (χ3n) is 3.41. The van der Waals surface area contributed by atoms with Crippen LogP contribution >= 0.6 is 0 Å². The first kappa shape index (κ1) is 14.5. The molecule has 1 aliphatic rings. The molecule has 0 spiro atoms. The average molecular weight is 241 g/mol. The van der Waals surface area contributed by atoms with Crippen LogP contribution in [0.15, 0.2) is 0 Å². The summed E-state index contributed by atoms with van der Waals surface area (Å²) < 4.78 is 0. The van der Waals surface area contributed by atoms with Gasteiger partial charge in [-0.2, -0.15) is 0 Å². The largest absolute Gasteiger partial charge is 0.354 e. The fourth-order valence-electron chi connectivity index (χ4n) is 2.26. The molecule has 0 aliphatic heterocycles. The number of carbonyl (C=O) groups is 1. The summed E-state index contributed by atoms with van der Waals surface area (Å²) in [4.78, 5) is 13.8. The van der Waals surface area contributed by atoms with Crippen LogP contribution in [0.25, 0.3) is 0 Å². The van der Waals surface area contributed by atoms with Crippen molar-refractivity contribution in [2.45, 2.75) is 51.6 Å². The summed E-state index contributed by atoms with van der Waals surface area (Å²) in [6, 6.07) is 1.10. The molecule has 1 amide bonds. The van der Waals surface area contributed by atoms with Crippen LogP contribution < -0.4 is 10.6 Å². The molecule has 0 unspecified atom stereocenters. The molecule has 0 bridgehead atoms. The Labute approximate surface area is 105 Å². The molecular weight excluding hydrogens is 214 g/mol. The zero-order valence-electron chi connectivity index (χ0n) is 11.5. The highest BCUT2D eigenvalue weighted by atomic mass is 16.1. The number of nitrogens with one attached hydrogen (secondary N) is 2. The molecule has 0 aromatic carbocycles. The Morgan fingerprint density at radius 3 is 2.59 bits per heavy atom. The average Bonchev–Trinajstić information content (AvgIpc) is 2.79. The predicted molar refractivity (Wildman–Crippen MR) is 71.0 cm³/mol. The molecule has 1 fully saturated rings. The SMILES string of the molecule is CC(C)NCC(=O)NCCN(C)C1CCCC1. The molecule has 1 saturated carbocycles. The first-order valence-corrected chi connectivity index (χ1v) is 6.80. The second-order valence-corrected chi connectivity index (χ2v) is 5.30. The molecule has 4 nitrogen and oxygen atoms in total. The van der Waals surface area contributed by atoms with Gasteiger partial charge in [-0.15, -0.1) is 0 Å². The Morgan fingerprint density at radius 2 is 2.00 bits per heavy atom. The van der Waals surface area contributed by atoms with E-state index in [0.29, 0.717) is 12.6 Å². The smallest absolute Gasteiger partial charge is 0.234 e. The molecule has 1 aliphatic carbocycles. The van der Waals surface area contributed by atoms with Crippen molar-refractivity contribution in [2.75, 3.05) is 26.7 Å². The van der Waals surface area contributed by atoms with Gasteiger partial charge in [0.05, 0.1) is 6.54 Å². The van der Waals surface area contributed by atoms with E-state index in [-0.39, 0.29) is 5.91 Å². The van der Waals surface area contributed by atoms with Gasteiger partial charge in [-0.3, -0.25) is 4.79 Å². The first-order chi connectivity index (χ1) is 8.09. The van der Waals surface area contributed by atoms with E-state index < -0.39 is 0 Å². The van der Waals surface area contributed by atoms with Gasteiger partial charge in [-0.25, -0.2) is 0 Å². The minimum atomic E-state index is 0.0959. The fourth-order valence-corrected chi connectivity index (χ4v) is 2.26. The van der Waals surface area contributed by atoms with Crippen LogP contribution in [0.5, 0.6) is 0 Å². The van der Waals surface area contributed by atoms with Gasteiger partial charge in [0, 0.05) is 25.2 Å². The monoisotopic (exact) mass is 241 g/mol. The molecule has 4 heteroatoms. The van der Waals surface area contributed by atoms with Crippen molar-refractivity contribution in [2.24, 2.45) is 0 Å². The van der Waals surface area contributed by atoms with Gasteiger partial charge in [0.1, 0.15) is 0 Å². The summed E-state index contributed by atoms with van der Waals surface area (Å²) in [7, 11) is 2.16. The maximum atomic E-state index is 11.5. The minimum absolute atomic E-state index is 0.0959. The van der Waals surface area contributed by atoms with E-state index in [0.717, 1.165) is 19.1 Å². The van der Waals surface area contributed by atoms with Crippen molar-refractivity contribution in [1.82, 2.24) is 15.5 Å². The lowest BCUT2D eigenvalue weighted by Crippen LogP contribution is -2.41. The van der Waals surface area contributed by atoms with Gasteiger partial charge in [0.15, 0.2) is 0 Å². The highest BCUT2D eigenvalue weighted by Gasteiger charge is 2.18. The lowest BCUT2D eigenvalue weighted by atomic mass is 10.2. The zero-order chi connectivity index (χ0) is 12.7. The Hall–Kier alpha value is -0.610. The summed E-state index contributed by atoms with van der Waals surface area (Å²) in [5, 5.41) is 6.06. The molecule has 2 N–H and O–H groups in total. The topological polar surface area (TPSA) is 44.4 Å². The Morgan fingerprint density at radius 1 is 1.35 bits per heavy atom. The van der Waals surface area contributed by atoms with Gasteiger partial charge < -0.3 is 15.5 Å². The normalized spacial score (nSPS) is 17.0. The van der Waals surface area contributed by atoms with Crippen molar-refractivity contribution in [3.05, 3.63) is 0 Å². The van der Waals surface area contributed by atoms with Crippen molar-refractivity contribution in [3.63, 3.8) is 0 Å². The van der Waals surface area contributed by atoms with E-state index in [1.54, 1.807) is 0 Å². The van der Waals surface area contributed by atoms with Crippen LogP contribution in [0.4, 0.5) is 0 Å². The van der Waals surface area contributed by atoms with Gasteiger partial charge in [0.25, 0.3) is 0 Å². The van der Waals surface area contributed by atoms with Crippen LogP contribution in [0.2, 0.25) is 0 Å². The van der Waals surface area contributed by atoms with Gasteiger partial charge in [-0.1, -0.05) is 26.7 Å². The number of carbonyl (C=O) groups excluding carboxylic acids is 1. The van der Waals surface area contributed by atoms with E-state index in [2.05, 4.69) is 22.6 Å². The third-order valence-corrected chi connectivity index (χ3v) is 3.41. The molecule has 0 aromatic heterocycles. The van der Waals surface area contributed by atoms with Crippen LogP contribution in [-0.2, 0) is 4.79 Å². The summed E-state index contributed by atoms with van der Waals surface area (Å²) in [5.41, 5.74) is 0. The van der Waals surface area contributed by atoms with E-state index in [9.17, 15) is 4.79 Å². The van der Waals surface area contributed by atoms with E-state index in [1.807, 2.05) is 13.8 Å². The molecule has 0 aromatic rings. The number of hydrogen-bond donors (Lipinski definition) is 2. The van der Waals surface area contributed by atoms with Crippen LogP contribution in [0.1, 0.15) is 39.5 Å². The maximum absolute atomic E-state index is 11.5. The van der Waals surface area contributed by atoms with Crippen molar-refractivity contribution >= 4 is 5.91 Å². The number of rotatable bonds is 7. The molecule has 0 radical (unpaired) electrons. The summed E-state index contributed by atoms with van der Waals surface area (Å²) >= 11 is 0. The summed E-state index contributed by atoms with van der Waals surface area (Å²) in [5.74, 6) is 0.0959. The van der Waals surface area contributed by atoms with Gasteiger partial charge >= 0.3 is 0 Å². The minimum Gasteiger partial charge on any atom is -0.354 e. The summed E-state index contributed by atoms with van der Waals surface area (Å²) in [6.07, 6.45) is 5.36. The lowest BCUT2D eigenvalue weighted by Gasteiger charge is -2.23. The number of nitrogens with zero attached hydrogens (tertiary/aromatic N) is 1. The number of amides is 1. The Balaban J connectivity index is 2.04. The van der Waals surface area contributed by atoms with Gasteiger partial charge in [0.2, 0.25) is 5.91 Å².